The number of ketones is 1. The van der Waals surface area contributed by atoms with Crippen molar-refractivity contribution in [3.05, 3.63) is 77.4 Å². The van der Waals surface area contributed by atoms with Crippen molar-refractivity contribution in [2.75, 3.05) is 21.3 Å². The van der Waals surface area contributed by atoms with E-state index in [4.69, 9.17) is 23.7 Å². The van der Waals surface area contributed by atoms with Crippen LogP contribution in [-0.2, 0) is 6.61 Å². The van der Waals surface area contributed by atoms with Crippen LogP contribution >= 0.6 is 0 Å². The second kappa shape index (κ2) is 10.3. The lowest BCUT2D eigenvalue weighted by molar-refractivity contribution is 0.0731. The lowest BCUT2D eigenvalue weighted by Gasteiger charge is -2.15. The van der Waals surface area contributed by atoms with Crippen molar-refractivity contribution in [2.24, 2.45) is 0 Å². The predicted molar refractivity (Wildman–Crippen MR) is 118 cm³/mol. The van der Waals surface area contributed by atoms with E-state index in [1.54, 1.807) is 18.2 Å². The lowest BCUT2D eigenvalue weighted by atomic mass is 10.1. The Morgan fingerprint density at radius 2 is 1.44 bits per heavy atom. The van der Waals surface area contributed by atoms with Crippen molar-refractivity contribution in [2.45, 2.75) is 13.5 Å². The van der Waals surface area contributed by atoms with Gasteiger partial charge in [0.05, 0.1) is 26.9 Å². The Hall–Kier alpha value is -4.00. The minimum atomic E-state index is -0.671. The number of Topliss-reactive ketones (excluding diaryl/α,β-unsaturated/α-hetero) is 1. The van der Waals surface area contributed by atoms with Gasteiger partial charge in [-0.05, 0) is 30.7 Å². The van der Waals surface area contributed by atoms with Crippen LogP contribution in [-0.4, -0.2) is 33.1 Å². The topological polar surface area (TPSA) is 80.3 Å². The van der Waals surface area contributed by atoms with Crippen LogP contribution in [0.2, 0.25) is 0 Å². The fourth-order valence-corrected chi connectivity index (χ4v) is 3.08. The first-order chi connectivity index (χ1) is 15.5. The van der Waals surface area contributed by atoms with Crippen LogP contribution in [0.4, 0.5) is 0 Å². The van der Waals surface area contributed by atoms with E-state index in [2.05, 4.69) is 0 Å². The summed E-state index contributed by atoms with van der Waals surface area (Å²) in [6, 6.07) is 17.4. The summed E-state index contributed by atoms with van der Waals surface area (Å²) in [6.45, 7) is 1.72. The van der Waals surface area contributed by atoms with E-state index in [0.717, 1.165) is 5.56 Å². The van der Waals surface area contributed by atoms with Crippen LogP contribution in [0, 0.1) is 0 Å². The summed E-state index contributed by atoms with van der Waals surface area (Å²) >= 11 is 0. The summed E-state index contributed by atoms with van der Waals surface area (Å²) in [4.78, 5) is 25.0. The smallest absolute Gasteiger partial charge is 0.343 e. The number of carbonyl (C=O) groups is 2. The van der Waals surface area contributed by atoms with Crippen LogP contribution in [0.5, 0.6) is 28.7 Å². The third-order valence-corrected chi connectivity index (χ3v) is 4.69. The maximum absolute atomic E-state index is 12.8. The van der Waals surface area contributed by atoms with Gasteiger partial charge in [-0.2, -0.15) is 0 Å². The molecule has 3 aromatic carbocycles. The molecule has 166 valence electrons. The Kier molecular flexibility index (Phi) is 7.33. The van der Waals surface area contributed by atoms with Crippen LogP contribution in [0.25, 0.3) is 0 Å². The standard InChI is InChI=1S/C25H24O7/c1-16(26)24-22(30-4)13-19(28-2)14-23(24)32-25(27)18-10-11-20(21(12-18)29-3)31-15-17-8-6-5-7-9-17/h5-14H,15H2,1-4H3. The summed E-state index contributed by atoms with van der Waals surface area (Å²) in [5.74, 6) is 0.567. The molecule has 32 heavy (non-hydrogen) atoms. The predicted octanol–water partition coefficient (Wildman–Crippen LogP) is 4.71. The molecule has 0 aliphatic heterocycles. The van der Waals surface area contributed by atoms with Gasteiger partial charge in [-0.1, -0.05) is 30.3 Å². The zero-order valence-corrected chi connectivity index (χ0v) is 18.3. The van der Waals surface area contributed by atoms with Crippen LogP contribution in [0.1, 0.15) is 33.2 Å². The van der Waals surface area contributed by atoms with Crippen LogP contribution in [0.3, 0.4) is 0 Å². The first-order valence-electron chi connectivity index (χ1n) is 9.80. The normalized spacial score (nSPS) is 10.2. The summed E-state index contributed by atoms with van der Waals surface area (Å²) in [6.07, 6.45) is 0. The van der Waals surface area contributed by atoms with Gasteiger partial charge < -0.3 is 23.7 Å². The SMILES string of the molecule is COc1cc(OC)c(C(C)=O)c(OC(=O)c2ccc(OCc3ccccc3)c(OC)c2)c1. The van der Waals surface area contributed by atoms with Crippen LogP contribution in [0.15, 0.2) is 60.7 Å². The van der Waals surface area contributed by atoms with Crippen molar-refractivity contribution in [3.8, 4) is 28.7 Å². The summed E-state index contributed by atoms with van der Waals surface area (Å²) in [5.41, 5.74) is 1.38. The van der Waals surface area contributed by atoms with Gasteiger partial charge in [0, 0.05) is 12.1 Å². The molecular formula is C25H24O7. The number of hydrogen-bond donors (Lipinski definition) is 0. The molecule has 0 radical (unpaired) electrons. The molecule has 0 spiro atoms. The van der Waals surface area contributed by atoms with Crippen molar-refractivity contribution < 1.29 is 33.3 Å². The molecule has 0 unspecified atom stereocenters. The maximum Gasteiger partial charge on any atom is 0.343 e. The molecule has 0 fully saturated rings. The monoisotopic (exact) mass is 436 g/mol. The molecule has 0 bridgehead atoms. The molecule has 0 heterocycles. The minimum absolute atomic E-state index is 0.0436. The molecule has 0 aromatic heterocycles. The highest BCUT2D eigenvalue weighted by Gasteiger charge is 2.21. The molecule has 0 atom stereocenters. The molecule has 0 amide bonds. The van der Waals surface area contributed by atoms with Gasteiger partial charge in [-0.3, -0.25) is 4.79 Å². The first-order valence-corrected chi connectivity index (χ1v) is 9.80. The lowest BCUT2D eigenvalue weighted by Crippen LogP contribution is -2.12. The van der Waals surface area contributed by atoms with Gasteiger partial charge >= 0.3 is 5.97 Å². The van der Waals surface area contributed by atoms with E-state index in [1.807, 2.05) is 30.3 Å². The Morgan fingerprint density at radius 3 is 2.06 bits per heavy atom. The Morgan fingerprint density at radius 1 is 0.750 bits per heavy atom. The van der Waals surface area contributed by atoms with E-state index in [-0.39, 0.29) is 28.4 Å². The molecule has 0 aliphatic rings. The average molecular weight is 436 g/mol. The maximum atomic E-state index is 12.8. The quantitative estimate of drug-likeness (QED) is 0.273. The molecular weight excluding hydrogens is 412 g/mol. The Labute approximate surface area is 186 Å². The van der Waals surface area contributed by atoms with E-state index < -0.39 is 5.97 Å². The number of benzene rings is 3. The van der Waals surface area contributed by atoms with Gasteiger partial charge in [0.15, 0.2) is 17.3 Å². The second-order valence-electron chi connectivity index (χ2n) is 6.79. The molecule has 0 saturated heterocycles. The van der Waals surface area contributed by atoms with E-state index in [9.17, 15) is 9.59 Å². The van der Waals surface area contributed by atoms with Crippen molar-refractivity contribution >= 4 is 11.8 Å². The first kappa shape index (κ1) is 22.7. The number of methoxy groups -OCH3 is 3. The number of ether oxygens (including phenoxy) is 5. The molecule has 3 rings (SSSR count). The number of carbonyl (C=O) groups excluding carboxylic acids is 2. The average Bonchev–Trinajstić information content (AvgIpc) is 2.82. The molecule has 7 heteroatoms. The fourth-order valence-electron chi connectivity index (χ4n) is 3.08. The molecule has 7 nitrogen and oxygen atoms in total. The Balaban J connectivity index is 1.84. The largest absolute Gasteiger partial charge is 0.496 e. The minimum Gasteiger partial charge on any atom is -0.496 e. The van der Waals surface area contributed by atoms with Crippen molar-refractivity contribution in [1.29, 1.82) is 0 Å². The highest BCUT2D eigenvalue weighted by molar-refractivity contribution is 6.01. The Bertz CT molecular complexity index is 1110. The van der Waals surface area contributed by atoms with Gasteiger partial charge in [-0.25, -0.2) is 4.79 Å². The summed E-state index contributed by atoms with van der Waals surface area (Å²) in [7, 11) is 4.37. The van der Waals surface area contributed by atoms with Crippen LogP contribution < -0.4 is 23.7 Å². The van der Waals surface area contributed by atoms with Crippen molar-refractivity contribution in [1.82, 2.24) is 0 Å². The third kappa shape index (κ3) is 5.18. The van der Waals surface area contributed by atoms with Gasteiger partial charge in [0.25, 0.3) is 0 Å². The number of hydrogen-bond acceptors (Lipinski definition) is 7. The highest BCUT2D eigenvalue weighted by Crippen LogP contribution is 2.35. The molecule has 0 N–H and O–H groups in total. The second-order valence-corrected chi connectivity index (χ2v) is 6.79. The fraction of sp³-hybridized carbons (Fsp3) is 0.200. The number of rotatable bonds is 9. The zero-order chi connectivity index (χ0) is 23.1. The van der Waals surface area contributed by atoms with Gasteiger partial charge in [-0.15, -0.1) is 0 Å². The third-order valence-electron chi connectivity index (χ3n) is 4.69. The van der Waals surface area contributed by atoms with Gasteiger partial charge in [0.2, 0.25) is 0 Å². The van der Waals surface area contributed by atoms with Gasteiger partial charge in [0.1, 0.15) is 29.4 Å². The molecule has 3 aromatic rings. The number of esters is 1. The summed E-state index contributed by atoms with van der Waals surface area (Å²) in [5, 5.41) is 0. The van der Waals surface area contributed by atoms with E-state index in [0.29, 0.717) is 23.9 Å². The molecule has 0 saturated carbocycles. The zero-order valence-electron chi connectivity index (χ0n) is 18.3. The highest BCUT2D eigenvalue weighted by atomic mass is 16.5. The van der Waals surface area contributed by atoms with E-state index in [1.165, 1.54) is 40.4 Å². The molecule has 0 aliphatic carbocycles. The van der Waals surface area contributed by atoms with Crippen molar-refractivity contribution in [3.63, 3.8) is 0 Å². The summed E-state index contributed by atoms with van der Waals surface area (Å²) < 4.78 is 27.2. The van der Waals surface area contributed by atoms with E-state index >= 15 is 0 Å².